The van der Waals surface area contributed by atoms with Gasteiger partial charge in [-0.1, -0.05) is 6.92 Å². The highest BCUT2D eigenvalue weighted by atomic mass is 32.2. The van der Waals surface area contributed by atoms with Crippen LogP contribution in [0.5, 0.6) is 0 Å². The zero-order valence-electron chi connectivity index (χ0n) is 12.0. The first kappa shape index (κ1) is 16.4. The van der Waals surface area contributed by atoms with Crippen LogP contribution in [0.3, 0.4) is 0 Å². The molecule has 20 heavy (non-hydrogen) atoms. The fraction of sp³-hybridized carbons (Fsp3) is 0.636. The maximum Gasteiger partial charge on any atom is 0.223 e. The molecule has 0 unspecified atom stereocenters. The first-order valence-corrected chi connectivity index (χ1v) is 7.98. The Balaban J connectivity index is 2.62. The van der Waals surface area contributed by atoms with Gasteiger partial charge in [0.1, 0.15) is 11.6 Å². The minimum atomic E-state index is -3.22. The lowest BCUT2D eigenvalue weighted by atomic mass is 10.4. The molecule has 0 aliphatic rings. The van der Waals surface area contributed by atoms with E-state index in [4.69, 9.17) is 5.73 Å². The van der Waals surface area contributed by atoms with E-state index in [9.17, 15) is 8.42 Å². The van der Waals surface area contributed by atoms with Gasteiger partial charge in [-0.05, 0) is 6.42 Å². The van der Waals surface area contributed by atoms with Crippen LogP contribution < -0.4 is 16.4 Å². The van der Waals surface area contributed by atoms with Crippen LogP contribution in [0.25, 0.3) is 0 Å². The number of hydrogen-bond donors (Lipinski definition) is 3. The third-order valence-corrected chi connectivity index (χ3v) is 4.35. The van der Waals surface area contributed by atoms with Gasteiger partial charge < -0.3 is 16.4 Å². The quantitative estimate of drug-likeness (QED) is 0.628. The molecule has 0 saturated carbocycles. The maximum absolute atomic E-state index is 11.6. The summed E-state index contributed by atoms with van der Waals surface area (Å²) in [5, 5.41) is 6.04. The Kier molecular flexibility index (Phi) is 5.96. The molecule has 0 atom stereocenters. The van der Waals surface area contributed by atoms with Crippen LogP contribution in [0.1, 0.15) is 13.3 Å². The van der Waals surface area contributed by atoms with Crippen molar-refractivity contribution in [3.8, 4) is 0 Å². The lowest BCUT2D eigenvalue weighted by Crippen LogP contribution is -2.28. The average molecular weight is 302 g/mol. The second-order valence-electron chi connectivity index (χ2n) is 4.45. The van der Waals surface area contributed by atoms with Crippen LogP contribution >= 0.6 is 0 Å². The summed E-state index contributed by atoms with van der Waals surface area (Å²) in [6, 6.07) is 1.70. The highest BCUT2D eigenvalue weighted by molar-refractivity contribution is 7.89. The van der Waals surface area contributed by atoms with Crippen LogP contribution in [0.2, 0.25) is 0 Å². The third-order valence-electron chi connectivity index (χ3n) is 2.52. The molecule has 1 aromatic rings. The number of aromatic nitrogens is 2. The summed E-state index contributed by atoms with van der Waals surface area (Å²) in [5.41, 5.74) is 5.61. The molecule has 4 N–H and O–H groups in total. The topological polar surface area (TPSA) is 113 Å². The summed E-state index contributed by atoms with van der Waals surface area (Å²) >= 11 is 0. The third kappa shape index (κ3) is 5.17. The number of nitrogens with zero attached hydrogens (tertiary/aromatic N) is 3. The van der Waals surface area contributed by atoms with E-state index in [-0.39, 0.29) is 18.2 Å². The number of nitrogen functional groups attached to an aromatic ring is 1. The Morgan fingerprint density at radius 3 is 2.25 bits per heavy atom. The summed E-state index contributed by atoms with van der Waals surface area (Å²) in [7, 11) is -0.213. The summed E-state index contributed by atoms with van der Waals surface area (Å²) in [6.45, 7) is 3.08. The minimum absolute atomic E-state index is 0.0123. The van der Waals surface area contributed by atoms with E-state index in [1.165, 1.54) is 18.4 Å². The maximum atomic E-state index is 11.6. The van der Waals surface area contributed by atoms with Crippen molar-refractivity contribution in [3.63, 3.8) is 0 Å². The molecule has 1 aromatic heterocycles. The number of rotatable bonds is 8. The van der Waals surface area contributed by atoms with E-state index >= 15 is 0 Å². The van der Waals surface area contributed by atoms with Gasteiger partial charge in [0.05, 0.1) is 5.75 Å². The van der Waals surface area contributed by atoms with Gasteiger partial charge in [-0.3, -0.25) is 0 Å². The monoisotopic (exact) mass is 302 g/mol. The van der Waals surface area contributed by atoms with E-state index in [2.05, 4.69) is 20.6 Å². The van der Waals surface area contributed by atoms with Gasteiger partial charge in [0.2, 0.25) is 16.0 Å². The Bertz CT molecular complexity index is 532. The van der Waals surface area contributed by atoms with E-state index in [0.29, 0.717) is 11.6 Å². The van der Waals surface area contributed by atoms with Crippen molar-refractivity contribution in [3.05, 3.63) is 6.07 Å². The van der Waals surface area contributed by atoms with Crippen molar-refractivity contribution in [2.24, 2.45) is 0 Å². The lowest BCUT2D eigenvalue weighted by molar-refractivity contribution is 0.521. The van der Waals surface area contributed by atoms with E-state index in [0.717, 1.165) is 13.0 Å². The largest absolute Gasteiger partial charge is 0.370 e. The van der Waals surface area contributed by atoms with Gasteiger partial charge in [-0.15, -0.1) is 0 Å². The molecule has 1 rings (SSSR count). The standard InChI is InChI=1S/C11H22N6O2S/c1-4-5-13-9-8-10(16-11(12)15-9)14-6-7-20(18,19)17(2)3/h8H,4-7H2,1-3H3,(H4,12,13,14,15,16). The smallest absolute Gasteiger partial charge is 0.223 e. The van der Waals surface area contributed by atoms with Crippen LogP contribution in [0.15, 0.2) is 6.07 Å². The van der Waals surface area contributed by atoms with Crippen molar-refractivity contribution < 1.29 is 8.42 Å². The lowest BCUT2D eigenvalue weighted by Gasteiger charge is -2.12. The fourth-order valence-electron chi connectivity index (χ4n) is 1.39. The summed E-state index contributed by atoms with van der Waals surface area (Å²) in [5.74, 6) is 1.26. The number of nitrogens with two attached hydrogens (primary N) is 1. The molecule has 0 fully saturated rings. The van der Waals surface area contributed by atoms with Crippen LogP contribution in [-0.4, -0.2) is 55.6 Å². The first-order chi connectivity index (χ1) is 9.35. The molecular weight excluding hydrogens is 280 g/mol. The zero-order valence-corrected chi connectivity index (χ0v) is 12.9. The molecule has 1 heterocycles. The average Bonchev–Trinajstić information content (AvgIpc) is 2.35. The van der Waals surface area contributed by atoms with E-state index < -0.39 is 10.0 Å². The molecule has 0 saturated heterocycles. The number of hydrogen-bond acceptors (Lipinski definition) is 7. The molecule has 0 spiro atoms. The molecule has 0 amide bonds. The second-order valence-corrected chi connectivity index (χ2v) is 6.75. The Morgan fingerprint density at radius 2 is 1.75 bits per heavy atom. The molecule has 0 radical (unpaired) electrons. The molecular formula is C11H22N6O2S. The van der Waals surface area contributed by atoms with Gasteiger partial charge in [0.15, 0.2) is 0 Å². The number of nitrogens with one attached hydrogen (secondary N) is 2. The molecule has 0 aliphatic heterocycles. The predicted molar refractivity (Wildman–Crippen MR) is 81.2 cm³/mol. The van der Waals surface area contributed by atoms with Crippen LogP contribution in [0, 0.1) is 0 Å². The summed E-state index contributed by atoms with van der Waals surface area (Å²) < 4.78 is 24.4. The summed E-state index contributed by atoms with van der Waals surface area (Å²) in [4.78, 5) is 8.06. The Hall–Kier alpha value is -1.61. The van der Waals surface area contributed by atoms with Crippen molar-refractivity contribution in [1.82, 2.24) is 14.3 Å². The van der Waals surface area contributed by atoms with Gasteiger partial charge in [-0.2, -0.15) is 9.97 Å². The fourth-order valence-corrected chi connectivity index (χ4v) is 2.12. The van der Waals surface area contributed by atoms with Gasteiger partial charge >= 0.3 is 0 Å². The number of anilines is 3. The minimum Gasteiger partial charge on any atom is -0.370 e. The normalized spacial score (nSPS) is 11.6. The molecule has 8 nitrogen and oxygen atoms in total. The highest BCUT2D eigenvalue weighted by Crippen LogP contribution is 2.12. The van der Waals surface area contributed by atoms with Crippen molar-refractivity contribution >= 4 is 27.6 Å². The Morgan fingerprint density at radius 1 is 1.20 bits per heavy atom. The van der Waals surface area contributed by atoms with Crippen molar-refractivity contribution in [2.45, 2.75) is 13.3 Å². The van der Waals surface area contributed by atoms with Crippen molar-refractivity contribution in [2.75, 3.05) is 49.3 Å². The van der Waals surface area contributed by atoms with Crippen LogP contribution in [-0.2, 0) is 10.0 Å². The second kappa shape index (κ2) is 7.25. The number of sulfonamides is 1. The predicted octanol–water partition coefficient (Wildman–Crippen LogP) is 0.184. The summed E-state index contributed by atoms with van der Waals surface area (Å²) in [6.07, 6.45) is 0.966. The molecule has 0 bridgehead atoms. The van der Waals surface area contributed by atoms with Gasteiger partial charge in [0, 0.05) is 33.3 Å². The molecule has 9 heteroatoms. The Labute approximate surface area is 119 Å². The van der Waals surface area contributed by atoms with Crippen LogP contribution in [0.4, 0.5) is 17.6 Å². The highest BCUT2D eigenvalue weighted by Gasteiger charge is 2.13. The molecule has 114 valence electrons. The van der Waals surface area contributed by atoms with E-state index in [1.54, 1.807) is 6.07 Å². The molecule has 0 aliphatic carbocycles. The van der Waals surface area contributed by atoms with E-state index in [1.807, 2.05) is 6.92 Å². The first-order valence-electron chi connectivity index (χ1n) is 6.37. The zero-order chi connectivity index (χ0) is 15.2. The van der Waals surface area contributed by atoms with Gasteiger partial charge in [-0.25, -0.2) is 12.7 Å². The molecule has 0 aromatic carbocycles. The SMILES string of the molecule is CCCNc1cc(NCCS(=O)(=O)N(C)C)nc(N)n1. The van der Waals surface area contributed by atoms with Gasteiger partial charge in [0.25, 0.3) is 0 Å². The van der Waals surface area contributed by atoms with Crippen molar-refractivity contribution in [1.29, 1.82) is 0 Å².